The number of ether oxygens (including phenoxy) is 1. The molecule has 2 aromatic heterocycles. The van der Waals surface area contributed by atoms with Gasteiger partial charge in [-0.15, -0.1) is 0 Å². The topological polar surface area (TPSA) is 164 Å². The summed E-state index contributed by atoms with van der Waals surface area (Å²) in [4.78, 5) is 26.2. The fourth-order valence-electron chi connectivity index (χ4n) is 6.86. The third kappa shape index (κ3) is 7.88. The van der Waals surface area contributed by atoms with Crippen LogP contribution in [-0.4, -0.2) is 99.2 Å². The minimum atomic E-state index is -3.22. The maximum Gasteiger partial charge on any atom is 0.264 e. The molecule has 2 fully saturated rings. The molecule has 51 heavy (non-hydrogen) atoms. The number of nitrogen functional groups attached to an aromatic ring is 1. The molecule has 6 rings (SSSR count). The van der Waals surface area contributed by atoms with E-state index in [1.807, 2.05) is 18.2 Å². The van der Waals surface area contributed by atoms with Gasteiger partial charge in [-0.3, -0.25) is 9.69 Å². The van der Waals surface area contributed by atoms with Crippen molar-refractivity contribution in [1.82, 2.24) is 33.9 Å². The molecule has 0 saturated carbocycles. The molecule has 0 aliphatic carbocycles. The molecule has 13 nitrogen and oxygen atoms in total. The monoisotopic (exact) mass is 715 g/mol. The fourth-order valence-corrected chi connectivity index (χ4v) is 7.68. The number of nitrogens with zero attached hydrogens (tertiary/aromatic N) is 8. The number of carbonyl (C=O) groups excluding carboxylic acids is 1. The van der Waals surface area contributed by atoms with Crippen LogP contribution < -0.4 is 10.5 Å². The Kier molecular flexibility index (Phi) is 10.4. The zero-order chi connectivity index (χ0) is 36.3. The van der Waals surface area contributed by atoms with Crippen molar-refractivity contribution in [3.05, 3.63) is 72.3 Å². The molecule has 2 saturated heterocycles. The number of para-hydroxylation sites is 1. The molecule has 0 unspecified atom stereocenters. The molecule has 1 amide bonds. The summed E-state index contributed by atoms with van der Waals surface area (Å²) in [7, 11) is -3.22. The summed E-state index contributed by atoms with van der Waals surface area (Å²) >= 11 is 0. The van der Waals surface area contributed by atoms with Crippen LogP contribution in [0.1, 0.15) is 45.6 Å². The highest BCUT2D eigenvalue weighted by molar-refractivity contribution is 7.88. The van der Waals surface area contributed by atoms with Gasteiger partial charge >= 0.3 is 0 Å². The molecule has 0 spiro atoms. The van der Waals surface area contributed by atoms with Crippen LogP contribution in [0.2, 0.25) is 0 Å². The van der Waals surface area contributed by atoms with Gasteiger partial charge in [0.25, 0.3) is 5.91 Å². The second kappa shape index (κ2) is 14.7. The average Bonchev–Trinajstić information content (AvgIpc) is 3.51. The molecule has 0 bridgehead atoms. The van der Waals surface area contributed by atoms with E-state index in [1.165, 1.54) is 23.0 Å². The number of amides is 1. The van der Waals surface area contributed by atoms with Crippen molar-refractivity contribution in [3.8, 4) is 28.8 Å². The van der Waals surface area contributed by atoms with Gasteiger partial charge in [-0.25, -0.2) is 27.5 Å². The van der Waals surface area contributed by atoms with E-state index >= 15 is 4.39 Å². The highest BCUT2D eigenvalue weighted by atomic mass is 32.2. The molecular formula is C36H42FN9O4S. The first-order valence-electron chi connectivity index (χ1n) is 17.0. The first kappa shape index (κ1) is 35.9. The minimum absolute atomic E-state index is 0.0748. The lowest BCUT2D eigenvalue weighted by Gasteiger charge is -2.43. The van der Waals surface area contributed by atoms with Crippen molar-refractivity contribution in [2.45, 2.75) is 51.1 Å². The minimum Gasteiger partial charge on any atom is -0.457 e. The average molecular weight is 716 g/mol. The molecule has 268 valence electrons. The van der Waals surface area contributed by atoms with Crippen LogP contribution in [0.3, 0.4) is 0 Å². The van der Waals surface area contributed by atoms with Gasteiger partial charge in [0.1, 0.15) is 46.8 Å². The number of carbonyl (C=O) groups is 1. The highest BCUT2D eigenvalue weighted by Crippen LogP contribution is 2.36. The van der Waals surface area contributed by atoms with Crippen LogP contribution in [0.15, 0.2) is 66.5 Å². The van der Waals surface area contributed by atoms with Gasteiger partial charge in [0.2, 0.25) is 10.0 Å². The molecule has 4 heterocycles. The fraction of sp³-hybridized carbons (Fsp3) is 0.417. The SMILES string of the molecule is CC(C)(CC/C=C(\C#N)C(=O)N1CCC[C@@H](n2nc(-c3ccc(Oc4ccccc4)cc3F)c3c(N)ncnc32)C1)N1CCN(S(C)(=O)=O)CC1. The number of likely N-dealkylation sites (tertiary alicyclic amines) is 1. The van der Waals surface area contributed by atoms with Gasteiger partial charge in [0, 0.05) is 56.4 Å². The summed E-state index contributed by atoms with van der Waals surface area (Å²) in [5, 5.41) is 15.2. The number of anilines is 1. The van der Waals surface area contributed by atoms with E-state index in [9.17, 15) is 18.5 Å². The second-order valence-corrected chi connectivity index (χ2v) is 15.6. The second-order valence-electron chi connectivity index (χ2n) is 13.6. The first-order valence-corrected chi connectivity index (χ1v) is 18.8. The van der Waals surface area contributed by atoms with Gasteiger partial charge in [0.05, 0.1) is 17.7 Å². The van der Waals surface area contributed by atoms with Crippen molar-refractivity contribution in [2.24, 2.45) is 0 Å². The van der Waals surface area contributed by atoms with Gasteiger partial charge in [-0.2, -0.15) is 14.7 Å². The molecule has 2 N–H and O–H groups in total. The van der Waals surface area contributed by atoms with E-state index in [2.05, 4.69) is 34.8 Å². The zero-order valence-electron chi connectivity index (χ0n) is 29.0. The Hall–Kier alpha value is -4.91. The number of rotatable bonds is 10. The summed E-state index contributed by atoms with van der Waals surface area (Å²) in [5.74, 6) is 0.154. The van der Waals surface area contributed by atoms with Gasteiger partial charge in [-0.05, 0) is 63.8 Å². The molecule has 0 radical (unpaired) electrons. The molecule has 2 aliphatic rings. The number of piperazine rings is 1. The Balaban J connectivity index is 1.17. The third-order valence-corrected chi connectivity index (χ3v) is 11.0. The number of halogens is 1. The molecular weight excluding hydrogens is 674 g/mol. The summed E-state index contributed by atoms with van der Waals surface area (Å²) in [6.07, 6.45) is 6.81. The van der Waals surface area contributed by atoms with Gasteiger partial charge < -0.3 is 15.4 Å². The van der Waals surface area contributed by atoms with Crippen LogP contribution >= 0.6 is 0 Å². The number of sulfonamides is 1. The first-order chi connectivity index (χ1) is 24.4. The Labute approximate surface area is 297 Å². The Morgan fingerprint density at radius 2 is 1.84 bits per heavy atom. The van der Waals surface area contributed by atoms with Gasteiger partial charge in [0.15, 0.2) is 5.65 Å². The van der Waals surface area contributed by atoms with E-state index in [-0.39, 0.29) is 46.7 Å². The molecule has 2 aliphatic heterocycles. The highest BCUT2D eigenvalue weighted by Gasteiger charge is 2.33. The van der Waals surface area contributed by atoms with Crippen molar-refractivity contribution < 1.29 is 22.3 Å². The number of aromatic nitrogens is 4. The van der Waals surface area contributed by atoms with Crippen molar-refractivity contribution in [1.29, 1.82) is 5.26 Å². The van der Waals surface area contributed by atoms with Crippen molar-refractivity contribution >= 4 is 32.8 Å². The van der Waals surface area contributed by atoms with E-state index in [0.29, 0.717) is 80.9 Å². The lowest BCUT2D eigenvalue weighted by molar-refractivity contribution is -0.128. The number of hydrogen-bond donors (Lipinski definition) is 1. The number of benzene rings is 2. The summed E-state index contributed by atoms with van der Waals surface area (Å²) in [6, 6.07) is 15.4. The Morgan fingerprint density at radius 1 is 1.10 bits per heavy atom. The predicted molar refractivity (Wildman–Crippen MR) is 191 cm³/mol. The molecule has 2 aromatic carbocycles. The van der Waals surface area contributed by atoms with Crippen molar-refractivity contribution in [3.63, 3.8) is 0 Å². The van der Waals surface area contributed by atoms with Crippen LogP contribution in [0.4, 0.5) is 10.2 Å². The molecule has 4 aromatic rings. The summed E-state index contributed by atoms with van der Waals surface area (Å²) < 4.78 is 48.5. The zero-order valence-corrected chi connectivity index (χ0v) is 29.8. The predicted octanol–water partition coefficient (Wildman–Crippen LogP) is 4.76. The lowest BCUT2D eigenvalue weighted by atomic mass is 9.94. The Morgan fingerprint density at radius 3 is 2.53 bits per heavy atom. The van der Waals surface area contributed by atoms with Gasteiger partial charge in [-0.1, -0.05) is 24.3 Å². The number of nitriles is 1. The quantitative estimate of drug-likeness (QED) is 0.179. The molecule has 15 heteroatoms. The van der Waals surface area contributed by atoms with Crippen molar-refractivity contribution in [2.75, 3.05) is 51.3 Å². The van der Waals surface area contributed by atoms with E-state index in [0.717, 1.165) is 0 Å². The number of piperidine rings is 1. The van der Waals surface area contributed by atoms with E-state index < -0.39 is 15.8 Å². The van der Waals surface area contributed by atoms with E-state index in [1.54, 1.807) is 39.9 Å². The van der Waals surface area contributed by atoms with E-state index in [4.69, 9.17) is 15.6 Å². The largest absolute Gasteiger partial charge is 0.457 e. The maximum absolute atomic E-state index is 15.7. The molecule has 1 atom stereocenters. The van der Waals surface area contributed by atoms with Crippen LogP contribution in [0.5, 0.6) is 11.5 Å². The Bertz CT molecular complexity index is 2090. The summed E-state index contributed by atoms with van der Waals surface area (Å²) in [6.45, 7) is 7.05. The van der Waals surface area contributed by atoms with Crippen LogP contribution in [-0.2, 0) is 14.8 Å². The standard InChI is InChI=1S/C36H42FN9O4S/c1-36(2,44-17-19-45(20-18-44)51(3,48)49)15-7-9-25(22-38)35(47)43-16-8-10-26(23-43)46-34-31(33(39)40-24-41-34)32(42-46)29-14-13-28(21-30(29)37)50-27-11-5-4-6-12-27/h4-6,9,11-14,21,24,26H,7-8,10,15-20,23H2,1-3H3,(H2,39,40,41)/b25-9+/t26-/m1/s1. The summed E-state index contributed by atoms with van der Waals surface area (Å²) in [5.41, 5.74) is 7.05. The smallest absolute Gasteiger partial charge is 0.264 e. The van der Waals surface area contributed by atoms with Crippen LogP contribution in [0.25, 0.3) is 22.3 Å². The number of fused-ring (bicyclic) bond motifs is 1. The number of nitrogens with two attached hydrogens (primary N) is 1. The number of hydrogen-bond acceptors (Lipinski definition) is 10. The third-order valence-electron chi connectivity index (χ3n) is 9.74. The maximum atomic E-state index is 15.7. The van der Waals surface area contributed by atoms with Crippen LogP contribution in [0, 0.1) is 17.1 Å². The lowest BCUT2D eigenvalue weighted by Crippen LogP contribution is -2.55. The number of allylic oxidation sites excluding steroid dienone is 1. The normalized spacial score (nSPS) is 18.1.